The van der Waals surface area contributed by atoms with Crippen LogP contribution in [0.2, 0.25) is 10.0 Å². The van der Waals surface area contributed by atoms with E-state index in [1.165, 1.54) is 6.07 Å². The van der Waals surface area contributed by atoms with E-state index in [9.17, 15) is 9.59 Å². The molecule has 1 aromatic carbocycles. The van der Waals surface area contributed by atoms with Crippen LogP contribution in [0.1, 0.15) is 13.8 Å². The van der Waals surface area contributed by atoms with E-state index in [0.717, 1.165) is 0 Å². The predicted octanol–water partition coefficient (Wildman–Crippen LogP) is 3.22. The Morgan fingerprint density at radius 1 is 1.21 bits per heavy atom. The summed E-state index contributed by atoms with van der Waals surface area (Å²) in [5.74, 6) is -0.630. The number of hydrogen-bond donors (Lipinski definition) is 3. The fourth-order valence-corrected chi connectivity index (χ4v) is 1.76. The highest BCUT2D eigenvalue weighted by molar-refractivity contribution is 6.42. The SMILES string of the molecule is CC(C)[C@H](NC(=O)O)C(=O)Nc1ccc(Cl)c(Cl)c1. The van der Waals surface area contributed by atoms with Gasteiger partial charge in [-0.15, -0.1) is 0 Å². The summed E-state index contributed by atoms with van der Waals surface area (Å²) in [6, 6.07) is 3.80. The largest absolute Gasteiger partial charge is 0.465 e. The molecule has 1 aromatic rings. The molecule has 19 heavy (non-hydrogen) atoms. The summed E-state index contributed by atoms with van der Waals surface area (Å²) in [5.41, 5.74) is 0.456. The van der Waals surface area contributed by atoms with Crippen LogP contribution in [-0.2, 0) is 4.79 Å². The number of benzene rings is 1. The highest BCUT2D eigenvalue weighted by atomic mass is 35.5. The minimum Gasteiger partial charge on any atom is -0.465 e. The van der Waals surface area contributed by atoms with Crippen LogP contribution in [0.25, 0.3) is 0 Å². The van der Waals surface area contributed by atoms with Crippen LogP contribution in [0.3, 0.4) is 0 Å². The fourth-order valence-electron chi connectivity index (χ4n) is 1.46. The van der Waals surface area contributed by atoms with Crippen molar-refractivity contribution in [2.24, 2.45) is 5.92 Å². The first-order valence-electron chi connectivity index (χ1n) is 5.56. The molecule has 0 aliphatic rings. The summed E-state index contributed by atoms with van der Waals surface area (Å²) in [6.07, 6.45) is -1.25. The first-order chi connectivity index (χ1) is 8.81. The van der Waals surface area contributed by atoms with Crippen molar-refractivity contribution in [3.05, 3.63) is 28.2 Å². The average molecular weight is 305 g/mol. The Hall–Kier alpha value is -1.46. The average Bonchev–Trinajstić information content (AvgIpc) is 2.30. The molecule has 3 N–H and O–H groups in total. The van der Waals surface area contributed by atoms with Crippen LogP contribution >= 0.6 is 23.2 Å². The number of rotatable bonds is 4. The van der Waals surface area contributed by atoms with E-state index < -0.39 is 18.0 Å². The Morgan fingerprint density at radius 3 is 2.32 bits per heavy atom. The summed E-state index contributed by atoms with van der Waals surface area (Å²) in [6.45, 7) is 3.49. The van der Waals surface area contributed by atoms with E-state index >= 15 is 0 Å². The molecule has 0 aliphatic heterocycles. The van der Waals surface area contributed by atoms with E-state index in [1.807, 2.05) is 0 Å². The molecule has 5 nitrogen and oxygen atoms in total. The number of nitrogens with one attached hydrogen (secondary N) is 2. The van der Waals surface area contributed by atoms with E-state index in [2.05, 4.69) is 10.6 Å². The van der Waals surface area contributed by atoms with E-state index in [0.29, 0.717) is 15.7 Å². The van der Waals surface area contributed by atoms with Crippen LogP contribution in [0.4, 0.5) is 10.5 Å². The Balaban J connectivity index is 2.81. The maximum absolute atomic E-state index is 12.0. The Bertz CT molecular complexity index is 492. The smallest absolute Gasteiger partial charge is 0.405 e. The van der Waals surface area contributed by atoms with Crippen molar-refractivity contribution in [1.82, 2.24) is 5.32 Å². The standard InChI is InChI=1S/C12H14Cl2N2O3/c1-6(2)10(16-12(18)19)11(17)15-7-3-4-8(13)9(14)5-7/h3-6,10,16H,1-2H3,(H,15,17)(H,18,19)/t10-/m0/s1. The molecular weight excluding hydrogens is 291 g/mol. The fraction of sp³-hybridized carbons (Fsp3) is 0.333. The van der Waals surface area contributed by atoms with Crippen molar-refractivity contribution in [3.8, 4) is 0 Å². The number of anilines is 1. The minimum atomic E-state index is -1.25. The number of carboxylic acid groups (broad SMARTS) is 1. The first kappa shape index (κ1) is 15.6. The lowest BCUT2D eigenvalue weighted by Gasteiger charge is -2.20. The lowest BCUT2D eigenvalue weighted by Crippen LogP contribution is -2.46. The molecule has 104 valence electrons. The van der Waals surface area contributed by atoms with Gasteiger partial charge in [0.2, 0.25) is 5.91 Å². The van der Waals surface area contributed by atoms with Gasteiger partial charge in [0.15, 0.2) is 0 Å². The molecule has 0 unspecified atom stereocenters. The van der Waals surface area contributed by atoms with Gasteiger partial charge in [-0.3, -0.25) is 4.79 Å². The molecule has 1 atom stereocenters. The number of carbonyl (C=O) groups excluding carboxylic acids is 1. The molecular formula is C12H14Cl2N2O3. The van der Waals surface area contributed by atoms with Gasteiger partial charge in [0, 0.05) is 5.69 Å². The van der Waals surface area contributed by atoms with Gasteiger partial charge in [0.1, 0.15) is 6.04 Å². The molecule has 0 bridgehead atoms. The van der Waals surface area contributed by atoms with Crippen molar-refractivity contribution in [2.75, 3.05) is 5.32 Å². The summed E-state index contributed by atoms with van der Waals surface area (Å²) in [4.78, 5) is 22.6. The van der Waals surface area contributed by atoms with Gasteiger partial charge in [0.25, 0.3) is 0 Å². The van der Waals surface area contributed by atoms with Gasteiger partial charge >= 0.3 is 6.09 Å². The van der Waals surface area contributed by atoms with E-state index in [4.69, 9.17) is 28.3 Å². The molecule has 0 spiro atoms. The molecule has 0 fully saturated rings. The normalized spacial score (nSPS) is 12.1. The zero-order chi connectivity index (χ0) is 14.6. The summed E-state index contributed by atoms with van der Waals surface area (Å²) in [5, 5.41) is 14.1. The Morgan fingerprint density at radius 2 is 1.84 bits per heavy atom. The molecule has 0 saturated heterocycles. The van der Waals surface area contributed by atoms with Gasteiger partial charge in [-0.2, -0.15) is 0 Å². The van der Waals surface area contributed by atoms with Crippen LogP contribution in [-0.4, -0.2) is 23.1 Å². The zero-order valence-electron chi connectivity index (χ0n) is 10.4. The van der Waals surface area contributed by atoms with Gasteiger partial charge in [-0.05, 0) is 24.1 Å². The van der Waals surface area contributed by atoms with Gasteiger partial charge in [0.05, 0.1) is 10.0 Å². The van der Waals surface area contributed by atoms with Crippen molar-refractivity contribution >= 4 is 40.9 Å². The molecule has 0 aliphatic carbocycles. The third-order valence-electron chi connectivity index (χ3n) is 2.42. The third kappa shape index (κ3) is 4.61. The molecule has 0 heterocycles. The topological polar surface area (TPSA) is 78.4 Å². The second kappa shape index (κ2) is 6.63. The quantitative estimate of drug-likeness (QED) is 0.799. The van der Waals surface area contributed by atoms with Gasteiger partial charge < -0.3 is 15.7 Å². The lowest BCUT2D eigenvalue weighted by atomic mass is 10.0. The van der Waals surface area contributed by atoms with Crippen molar-refractivity contribution < 1.29 is 14.7 Å². The maximum Gasteiger partial charge on any atom is 0.405 e. The van der Waals surface area contributed by atoms with Crippen LogP contribution in [0.5, 0.6) is 0 Å². The molecule has 1 rings (SSSR count). The predicted molar refractivity (Wildman–Crippen MR) is 74.9 cm³/mol. The summed E-state index contributed by atoms with van der Waals surface area (Å²) >= 11 is 11.6. The second-order valence-electron chi connectivity index (χ2n) is 4.29. The molecule has 0 aromatic heterocycles. The molecule has 0 saturated carbocycles. The Labute approximate surface area is 120 Å². The summed E-state index contributed by atoms with van der Waals surface area (Å²) in [7, 11) is 0. The van der Waals surface area contributed by atoms with Crippen LogP contribution < -0.4 is 10.6 Å². The van der Waals surface area contributed by atoms with Crippen molar-refractivity contribution in [1.29, 1.82) is 0 Å². The van der Waals surface area contributed by atoms with Crippen molar-refractivity contribution in [2.45, 2.75) is 19.9 Å². The number of hydrogen-bond acceptors (Lipinski definition) is 2. The molecule has 7 heteroatoms. The highest BCUT2D eigenvalue weighted by Crippen LogP contribution is 2.25. The number of amides is 2. The Kier molecular flexibility index (Phi) is 5.44. The van der Waals surface area contributed by atoms with Crippen LogP contribution in [0, 0.1) is 5.92 Å². The zero-order valence-corrected chi connectivity index (χ0v) is 11.9. The highest BCUT2D eigenvalue weighted by Gasteiger charge is 2.24. The van der Waals surface area contributed by atoms with Gasteiger partial charge in [-0.1, -0.05) is 37.0 Å². The summed E-state index contributed by atoms with van der Waals surface area (Å²) < 4.78 is 0. The van der Waals surface area contributed by atoms with Gasteiger partial charge in [-0.25, -0.2) is 4.79 Å². The second-order valence-corrected chi connectivity index (χ2v) is 5.10. The number of carbonyl (C=O) groups is 2. The van der Waals surface area contributed by atoms with E-state index in [1.54, 1.807) is 26.0 Å². The first-order valence-corrected chi connectivity index (χ1v) is 6.32. The monoisotopic (exact) mass is 304 g/mol. The lowest BCUT2D eigenvalue weighted by molar-refractivity contribution is -0.118. The minimum absolute atomic E-state index is 0.182. The third-order valence-corrected chi connectivity index (χ3v) is 3.15. The molecule has 0 radical (unpaired) electrons. The number of halogens is 2. The maximum atomic E-state index is 12.0. The van der Waals surface area contributed by atoms with Crippen LogP contribution in [0.15, 0.2) is 18.2 Å². The molecule has 2 amide bonds. The van der Waals surface area contributed by atoms with Crippen molar-refractivity contribution in [3.63, 3.8) is 0 Å². The van der Waals surface area contributed by atoms with E-state index in [-0.39, 0.29) is 5.92 Å².